The zero-order chi connectivity index (χ0) is 16.4. The number of hydrogen-bond acceptors (Lipinski definition) is 6. The van der Waals surface area contributed by atoms with Gasteiger partial charge in [0.05, 0.1) is 24.9 Å². The van der Waals surface area contributed by atoms with Gasteiger partial charge in [0.25, 0.3) is 0 Å². The third kappa shape index (κ3) is 3.55. The van der Waals surface area contributed by atoms with Crippen molar-refractivity contribution in [1.29, 1.82) is 0 Å². The molecule has 2 heterocycles. The summed E-state index contributed by atoms with van der Waals surface area (Å²) in [6, 6.07) is -0.116. The summed E-state index contributed by atoms with van der Waals surface area (Å²) >= 11 is 0. The number of aliphatic hydroxyl groups excluding tert-OH is 1. The summed E-state index contributed by atoms with van der Waals surface area (Å²) in [7, 11) is 1.85. The zero-order valence-corrected chi connectivity index (χ0v) is 13.3. The quantitative estimate of drug-likeness (QED) is 0.758. The number of hydrogen-bond donors (Lipinski definition) is 2. The molecule has 0 bridgehead atoms. The fourth-order valence-corrected chi connectivity index (χ4v) is 2.89. The van der Waals surface area contributed by atoms with Crippen LogP contribution in [0.5, 0.6) is 0 Å². The van der Waals surface area contributed by atoms with Gasteiger partial charge in [-0.05, 0) is 36.1 Å². The lowest BCUT2D eigenvalue weighted by Crippen LogP contribution is -2.41. The van der Waals surface area contributed by atoms with Gasteiger partial charge in [0.1, 0.15) is 5.82 Å². The van der Waals surface area contributed by atoms with Gasteiger partial charge in [-0.25, -0.2) is 4.68 Å². The summed E-state index contributed by atoms with van der Waals surface area (Å²) in [5.74, 6) is 0.867. The molecule has 2 N–H and O–H groups in total. The van der Waals surface area contributed by atoms with Gasteiger partial charge in [-0.3, -0.25) is 9.48 Å². The van der Waals surface area contributed by atoms with E-state index in [0.29, 0.717) is 31.6 Å². The number of aromatic nitrogens is 6. The van der Waals surface area contributed by atoms with Crippen LogP contribution in [0.4, 0.5) is 0 Å². The molecule has 0 saturated heterocycles. The smallest absolute Gasteiger partial charge is 0.222 e. The van der Waals surface area contributed by atoms with Crippen molar-refractivity contribution in [2.24, 2.45) is 13.0 Å². The highest BCUT2D eigenvalue weighted by atomic mass is 16.3. The minimum absolute atomic E-state index is 0.0601. The number of amides is 1. The summed E-state index contributed by atoms with van der Waals surface area (Å²) < 4.78 is 3.32. The van der Waals surface area contributed by atoms with Crippen LogP contribution in [0.15, 0.2) is 12.4 Å². The third-order valence-corrected chi connectivity index (χ3v) is 4.28. The average Bonchev–Trinajstić information content (AvgIpc) is 3.08. The van der Waals surface area contributed by atoms with Gasteiger partial charge in [-0.2, -0.15) is 5.10 Å². The lowest BCUT2D eigenvalue weighted by atomic mass is 9.75. The van der Waals surface area contributed by atoms with Gasteiger partial charge in [0.15, 0.2) is 0 Å². The number of aryl methyl sites for hydroxylation is 3. The molecule has 1 aliphatic rings. The molecular weight excluding hydrogens is 298 g/mol. The van der Waals surface area contributed by atoms with Crippen LogP contribution in [0.2, 0.25) is 0 Å². The van der Waals surface area contributed by atoms with E-state index in [1.165, 1.54) is 0 Å². The van der Waals surface area contributed by atoms with Crippen LogP contribution < -0.4 is 5.32 Å². The number of carbonyl (C=O) groups excluding carboxylic acids is 1. The topological polar surface area (TPSA) is 111 Å². The molecule has 1 atom stereocenters. The fourth-order valence-electron chi connectivity index (χ4n) is 2.89. The molecule has 0 spiro atoms. The lowest BCUT2D eigenvalue weighted by Gasteiger charge is -2.37. The highest BCUT2D eigenvalue weighted by Gasteiger charge is 2.36. The second-order valence-electron chi connectivity index (χ2n) is 6.08. The van der Waals surface area contributed by atoms with Crippen molar-refractivity contribution in [3.63, 3.8) is 0 Å². The Labute approximate surface area is 133 Å². The van der Waals surface area contributed by atoms with Crippen molar-refractivity contribution < 1.29 is 9.90 Å². The predicted octanol–water partition coefficient (Wildman–Crippen LogP) is -0.266. The van der Waals surface area contributed by atoms with Crippen LogP contribution in [0, 0.1) is 12.8 Å². The number of aliphatic hydroxyl groups is 1. The van der Waals surface area contributed by atoms with Crippen molar-refractivity contribution >= 4 is 5.91 Å². The number of nitrogens with one attached hydrogen (secondary N) is 1. The van der Waals surface area contributed by atoms with Gasteiger partial charge >= 0.3 is 0 Å². The van der Waals surface area contributed by atoms with E-state index in [1.54, 1.807) is 22.5 Å². The van der Waals surface area contributed by atoms with Crippen LogP contribution in [-0.2, 0) is 18.4 Å². The Balaban J connectivity index is 1.61. The first-order chi connectivity index (χ1) is 11.0. The number of carbonyl (C=O) groups is 1. The van der Waals surface area contributed by atoms with E-state index in [9.17, 15) is 9.90 Å². The molecule has 2 aromatic rings. The Morgan fingerprint density at radius 2 is 2.30 bits per heavy atom. The summed E-state index contributed by atoms with van der Waals surface area (Å²) in [4.78, 5) is 12.3. The van der Waals surface area contributed by atoms with Crippen molar-refractivity contribution in [3.8, 4) is 0 Å². The van der Waals surface area contributed by atoms with Crippen molar-refractivity contribution in [3.05, 3.63) is 23.8 Å². The molecule has 0 unspecified atom stereocenters. The normalized spacial score (nSPS) is 21.7. The van der Waals surface area contributed by atoms with E-state index in [2.05, 4.69) is 25.9 Å². The van der Waals surface area contributed by atoms with E-state index in [4.69, 9.17) is 0 Å². The minimum Gasteiger partial charge on any atom is -0.393 e. The Hall–Kier alpha value is -2.29. The highest BCUT2D eigenvalue weighted by molar-refractivity contribution is 5.76. The van der Waals surface area contributed by atoms with Crippen LogP contribution in [0.3, 0.4) is 0 Å². The number of nitrogens with zero attached hydrogens (tertiary/aromatic N) is 6. The zero-order valence-electron chi connectivity index (χ0n) is 13.3. The van der Waals surface area contributed by atoms with Crippen LogP contribution >= 0.6 is 0 Å². The molecule has 2 aromatic heterocycles. The molecule has 0 aliphatic heterocycles. The Kier molecular flexibility index (Phi) is 4.37. The van der Waals surface area contributed by atoms with Crippen molar-refractivity contribution in [2.45, 2.75) is 44.9 Å². The van der Waals surface area contributed by atoms with E-state index in [0.717, 1.165) is 5.56 Å². The molecular formula is C14H21N7O2. The third-order valence-electron chi connectivity index (χ3n) is 4.28. The van der Waals surface area contributed by atoms with Gasteiger partial charge in [-0.15, -0.1) is 5.10 Å². The summed E-state index contributed by atoms with van der Waals surface area (Å²) in [5.41, 5.74) is 0.969. The lowest BCUT2D eigenvalue weighted by molar-refractivity contribution is -0.123. The minimum atomic E-state index is -0.264. The molecule has 1 saturated carbocycles. The predicted molar refractivity (Wildman–Crippen MR) is 80.0 cm³/mol. The number of rotatable bonds is 6. The summed E-state index contributed by atoms with van der Waals surface area (Å²) in [6.07, 6.45) is 5.11. The largest absolute Gasteiger partial charge is 0.393 e. The molecule has 9 heteroatoms. The van der Waals surface area contributed by atoms with E-state index in [1.807, 2.05) is 13.2 Å². The first-order valence-electron chi connectivity index (χ1n) is 7.71. The van der Waals surface area contributed by atoms with Gasteiger partial charge in [0, 0.05) is 25.2 Å². The Bertz CT molecular complexity index is 674. The van der Waals surface area contributed by atoms with Crippen molar-refractivity contribution in [2.75, 3.05) is 0 Å². The Morgan fingerprint density at radius 1 is 1.52 bits per heavy atom. The maximum Gasteiger partial charge on any atom is 0.222 e. The second-order valence-corrected chi connectivity index (χ2v) is 6.08. The maximum atomic E-state index is 12.3. The monoisotopic (exact) mass is 319 g/mol. The molecule has 0 aromatic carbocycles. The van der Waals surface area contributed by atoms with Crippen LogP contribution in [0.25, 0.3) is 0 Å². The van der Waals surface area contributed by atoms with E-state index in [-0.39, 0.29) is 24.0 Å². The van der Waals surface area contributed by atoms with E-state index < -0.39 is 0 Å². The number of tetrazole rings is 1. The fraction of sp³-hybridized carbons (Fsp3) is 0.643. The highest BCUT2D eigenvalue weighted by Crippen LogP contribution is 2.37. The molecule has 0 radical (unpaired) electrons. The van der Waals surface area contributed by atoms with Gasteiger partial charge in [0.2, 0.25) is 5.91 Å². The maximum absolute atomic E-state index is 12.3. The standard InChI is InChI=1S/C14H21N7O2/c1-9-17-18-19-21(9)4-3-13(23)16-14(10-5-12(22)6-10)11-7-15-20(2)8-11/h7-8,10,12,14,22H,3-6H2,1-2H3,(H,16,23)/t10?,12?,14-/m1/s1. The molecule has 124 valence electrons. The van der Waals surface area contributed by atoms with Crippen LogP contribution in [-0.4, -0.2) is 47.1 Å². The van der Waals surface area contributed by atoms with Gasteiger partial charge < -0.3 is 10.4 Å². The van der Waals surface area contributed by atoms with E-state index >= 15 is 0 Å². The summed E-state index contributed by atoms with van der Waals surface area (Å²) in [5, 5.41) is 28.0. The SMILES string of the molecule is Cc1nnnn1CCC(=O)N[C@@H](c1cnn(C)c1)C1CC(O)C1. The van der Waals surface area contributed by atoms with Crippen molar-refractivity contribution in [1.82, 2.24) is 35.3 Å². The first kappa shape index (κ1) is 15.6. The Morgan fingerprint density at radius 3 is 2.87 bits per heavy atom. The molecule has 1 fully saturated rings. The first-order valence-corrected chi connectivity index (χ1v) is 7.71. The molecule has 23 heavy (non-hydrogen) atoms. The molecule has 1 amide bonds. The summed E-state index contributed by atoms with van der Waals surface area (Å²) in [6.45, 7) is 2.24. The molecule has 3 rings (SSSR count). The molecule has 1 aliphatic carbocycles. The average molecular weight is 319 g/mol. The second kappa shape index (κ2) is 6.45. The molecule has 9 nitrogen and oxygen atoms in total. The van der Waals surface area contributed by atoms with Crippen LogP contribution in [0.1, 0.15) is 36.7 Å². The van der Waals surface area contributed by atoms with Gasteiger partial charge in [-0.1, -0.05) is 0 Å².